The SMILES string of the molecule is COc1ccc(-c2cnc(-c3ccc(C[C@H](NC(=O)c4ccc(C(C)(C)C)cc4)C(=O)N[C@H](C)C(=O)O)cc3)nc2)cc1. The predicted octanol–water partition coefficient (Wildman–Crippen LogP) is 5.05. The molecule has 0 aliphatic rings. The molecule has 0 aliphatic carbocycles. The van der Waals surface area contributed by atoms with Gasteiger partial charge in [0.05, 0.1) is 7.11 Å². The highest BCUT2D eigenvalue weighted by molar-refractivity contribution is 5.98. The van der Waals surface area contributed by atoms with Crippen LogP contribution >= 0.6 is 0 Å². The molecule has 0 saturated carbocycles. The maximum Gasteiger partial charge on any atom is 0.325 e. The number of carboxylic acid groups (broad SMARTS) is 1. The zero-order valence-corrected chi connectivity index (χ0v) is 24.9. The Labute approximate surface area is 251 Å². The van der Waals surface area contributed by atoms with E-state index in [9.17, 15) is 19.5 Å². The van der Waals surface area contributed by atoms with Crippen molar-refractivity contribution in [3.05, 3.63) is 102 Å². The van der Waals surface area contributed by atoms with Gasteiger partial charge in [-0.15, -0.1) is 0 Å². The molecular weight excluding hydrogens is 544 g/mol. The van der Waals surface area contributed by atoms with Crippen molar-refractivity contribution >= 4 is 17.8 Å². The topological polar surface area (TPSA) is 131 Å². The van der Waals surface area contributed by atoms with Crippen LogP contribution in [0.4, 0.5) is 0 Å². The lowest BCUT2D eigenvalue weighted by molar-refractivity contribution is -0.141. The predicted molar refractivity (Wildman–Crippen MR) is 165 cm³/mol. The first-order valence-electron chi connectivity index (χ1n) is 13.9. The van der Waals surface area contributed by atoms with Crippen LogP contribution in [0, 0.1) is 0 Å². The number of carbonyl (C=O) groups excluding carboxylic acids is 2. The number of hydrogen-bond donors (Lipinski definition) is 3. The summed E-state index contributed by atoms with van der Waals surface area (Å²) in [5.74, 6) is -0.868. The van der Waals surface area contributed by atoms with Gasteiger partial charge in [0.25, 0.3) is 5.91 Å². The molecule has 222 valence electrons. The number of methoxy groups -OCH3 is 1. The average Bonchev–Trinajstić information content (AvgIpc) is 3.00. The van der Waals surface area contributed by atoms with E-state index in [2.05, 4.69) is 41.4 Å². The first-order valence-corrected chi connectivity index (χ1v) is 13.9. The molecule has 2 amide bonds. The lowest BCUT2D eigenvalue weighted by Crippen LogP contribution is -2.51. The average molecular weight is 581 g/mol. The van der Waals surface area contributed by atoms with E-state index in [1.54, 1.807) is 31.6 Å². The quantitative estimate of drug-likeness (QED) is 0.239. The summed E-state index contributed by atoms with van der Waals surface area (Å²) < 4.78 is 5.21. The van der Waals surface area contributed by atoms with Crippen LogP contribution in [0.25, 0.3) is 22.5 Å². The minimum absolute atomic E-state index is 0.0693. The highest BCUT2D eigenvalue weighted by atomic mass is 16.5. The Kier molecular flexibility index (Phi) is 9.55. The van der Waals surface area contributed by atoms with Gasteiger partial charge in [0.2, 0.25) is 5.91 Å². The minimum atomic E-state index is -1.17. The molecule has 0 unspecified atom stereocenters. The lowest BCUT2D eigenvalue weighted by Gasteiger charge is -2.21. The molecular formula is C34H36N4O5. The summed E-state index contributed by atoms with van der Waals surface area (Å²) in [5.41, 5.74) is 4.81. The van der Waals surface area contributed by atoms with Gasteiger partial charge in [-0.1, -0.05) is 69.3 Å². The van der Waals surface area contributed by atoms with E-state index < -0.39 is 29.9 Å². The number of ether oxygens (including phenoxy) is 1. The van der Waals surface area contributed by atoms with Gasteiger partial charge in [-0.2, -0.15) is 0 Å². The Morgan fingerprint density at radius 3 is 1.93 bits per heavy atom. The van der Waals surface area contributed by atoms with Crippen molar-refractivity contribution in [2.45, 2.75) is 51.6 Å². The highest BCUT2D eigenvalue weighted by Crippen LogP contribution is 2.24. The molecule has 0 aliphatic heterocycles. The van der Waals surface area contributed by atoms with E-state index in [1.807, 2.05) is 60.7 Å². The lowest BCUT2D eigenvalue weighted by atomic mass is 9.86. The number of aromatic nitrogens is 2. The van der Waals surface area contributed by atoms with Crippen molar-refractivity contribution in [3.8, 4) is 28.3 Å². The van der Waals surface area contributed by atoms with Crippen LogP contribution in [0.3, 0.4) is 0 Å². The van der Waals surface area contributed by atoms with Crippen molar-refractivity contribution in [3.63, 3.8) is 0 Å². The zero-order valence-electron chi connectivity index (χ0n) is 24.9. The molecule has 43 heavy (non-hydrogen) atoms. The minimum Gasteiger partial charge on any atom is -0.497 e. The molecule has 1 heterocycles. The molecule has 4 aromatic rings. The van der Waals surface area contributed by atoms with Gasteiger partial charge >= 0.3 is 5.97 Å². The van der Waals surface area contributed by atoms with Crippen molar-refractivity contribution in [1.29, 1.82) is 0 Å². The Morgan fingerprint density at radius 2 is 1.40 bits per heavy atom. The first kappa shape index (κ1) is 30.9. The fourth-order valence-corrected chi connectivity index (χ4v) is 4.38. The summed E-state index contributed by atoms with van der Waals surface area (Å²) in [7, 11) is 1.62. The molecule has 9 heteroatoms. The third-order valence-corrected chi connectivity index (χ3v) is 7.09. The third kappa shape index (κ3) is 8.03. The van der Waals surface area contributed by atoms with Crippen molar-refractivity contribution in [1.82, 2.24) is 20.6 Å². The van der Waals surface area contributed by atoms with Gasteiger partial charge in [0, 0.05) is 35.5 Å². The third-order valence-electron chi connectivity index (χ3n) is 7.09. The summed E-state index contributed by atoms with van der Waals surface area (Å²) in [6.45, 7) is 7.63. The summed E-state index contributed by atoms with van der Waals surface area (Å²) >= 11 is 0. The second-order valence-electron chi connectivity index (χ2n) is 11.3. The number of nitrogens with one attached hydrogen (secondary N) is 2. The number of amides is 2. The normalized spacial score (nSPS) is 12.6. The van der Waals surface area contributed by atoms with E-state index in [4.69, 9.17) is 4.74 Å². The van der Waals surface area contributed by atoms with Crippen LogP contribution in [0.5, 0.6) is 5.75 Å². The van der Waals surface area contributed by atoms with E-state index in [0.29, 0.717) is 11.4 Å². The van der Waals surface area contributed by atoms with Gasteiger partial charge in [0.15, 0.2) is 5.82 Å². The Morgan fingerprint density at radius 1 is 0.814 bits per heavy atom. The second kappa shape index (κ2) is 13.3. The maximum absolute atomic E-state index is 13.1. The van der Waals surface area contributed by atoms with E-state index in [1.165, 1.54) is 6.92 Å². The van der Waals surface area contributed by atoms with Crippen LogP contribution in [-0.2, 0) is 21.4 Å². The van der Waals surface area contributed by atoms with Crippen molar-refractivity contribution in [2.24, 2.45) is 0 Å². The Bertz CT molecular complexity index is 1560. The van der Waals surface area contributed by atoms with E-state index in [-0.39, 0.29) is 11.8 Å². The molecule has 3 aromatic carbocycles. The number of hydrogen-bond acceptors (Lipinski definition) is 6. The molecule has 0 spiro atoms. The first-order chi connectivity index (χ1) is 20.4. The fraction of sp³-hybridized carbons (Fsp3) is 0.265. The molecule has 0 fully saturated rings. The fourth-order valence-electron chi connectivity index (χ4n) is 4.38. The zero-order chi connectivity index (χ0) is 31.1. The molecule has 2 atom stereocenters. The molecule has 9 nitrogen and oxygen atoms in total. The van der Waals surface area contributed by atoms with Crippen LogP contribution in [-0.4, -0.2) is 52.1 Å². The van der Waals surface area contributed by atoms with Crippen LogP contribution in [0.2, 0.25) is 0 Å². The number of nitrogens with zero attached hydrogens (tertiary/aromatic N) is 2. The van der Waals surface area contributed by atoms with Gasteiger partial charge in [0.1, 0.15) is 17.8 Å². The van der Waals surface area contributed by atoms with Crippen molar-refractivity contribution < 1.29 is 24.2 Å². The maximum atomic E-state index is 13.1. The van der Waals surface area contributed by atoms with Gasteiger partial charge in [-0.3, -0.25) is 14.4 Å². The van der Waals surface area contributed by atoms with Gasteiger partial charge < -0.3 is 20.5 Å². The van der Waals surface area contributed by atoms with Crippen LogP contribution in [0.1, 0.15) is 49.2 Å². The van der Waals surface area contributed by atoms with E-state index in [0.717, 1.165) is 33.6 Å². The van der Waals surface area contributed by atoms with Crippen LogP contribution in [0.15, 0.2) is 85.2 Å². The summed E-state index contributed by atoms with van der Waals surface area (Å²) in [6.07, 6.45) is 3.67. The van der Waals surface area contributed by atoms with Crippen molar-refractivity contribution in [2.75, 3.05) is 7.11 Å². The highest BCUT2D eigenvalue weighted by Gasteiger charge is 2.25. The van der Waals surface area contributed by atoms with E-state index >= 15 is 0 Å². The Hall–Kier alpha value is -5.05. The number of aliphatic carboxylic acids is 1. The van der Waals surface area contributed by atoms with Gasteiger partial charge in [-0.05, 0) is 53.3 Å². The number of rotatable bonds is 10. The summed E-state index contributed by atoms with van der Waals surface area (Å²) in [4.78, 5) is 46.5. The Balaban J connectivity index is 1.49. The summed E-state index contributed by atoms with van der Waals surface area (Å²) in [5, 5.41) is 14.5. The van der Waals surface area contributed by atoms with Gasteiger partial charge in [-0.25, -0.2) is 9.97 Å². The standard InChI is InChI=1S/C34H36N4O5/c1-21(33(41)42)37-32(40)29(38-31(39)25-10-14-27(15-11-25)34(2,3)4)18-22-6-8-24(9-7-22)30-35-19-26(20-36-30)23-12-16-28(43-5)17-13-23/h6-17,19-21,29H,18H2,1-5H3,(H,37,40)(H,38,39)(H,41,42)/t21-,29+/m1/s1. The molecule has 3 N–H and O–H groups in total. The molecule has 0 saturated heterocycles. The second-order valence-corrected chi connectivity index (χ2v) is 11.3. The smallest absolute Gasteiger partial charge is 0.325 e. The van der Waals surface area contributed by atoms with Crippen LogP contribution < -0.4 is 15.4 Å². The molecule has 1 aromatic heterocycles. The summed E-state index contributed by atoms with van der Waals surface area (Å²) in [6, 6.07) is 20.1. The number of carbonyl (C=O) groups is 3. The number of carboxylic acids is 1. The monoisotopic (exact) mass is 580 g/mol. The molecule has 4 rings (SSSR count). The largest absolute Gasteiger partial charge is 0.497 e. The molecule has 0 bridgehead atoms. The number of benzene rings is 3. The molecule has 0 radical (unpaired) electrons.